The summed E-state index contributed by atoms with van der Waals surface area (Å²) in [4.78, 5) is 41.9. The van der Waals surface area contributed by atoms with Crippen molar-refractivity contribution in [2.24, 2.45) is 11.7 Å². The first-order valence-corrected chi connectivity index (χ1v) is 10.2. The third-order valence-corrected chi connectivity index (χ3v) is 6.17. The van der Waals surface area contributed by atoms with E-state index in [1.807, 2.05) is 18.2 Å². The van der Waals surface area contributed by atoms with Gasteiger partial charge in [0.1, 0.15) is 6.04 Å². The predicted octanol–water partition coefficient (Wildman–Crippen LogP) is 1.05. The maximum atomic E-state index is 13.0. The molecule has 28 heavy (non-hydrogen) atoms. The summed E-state index contributed by atoms with van der Waals surface area (Å²) in [6.45, 7) is 3.23. The van der Waals surface area contributed by atoms with Crippen LogP contribution in [0, 0.1) is 5.92 Å². The molecule has 150 valence electrons. The van der Waals surface area contributed by atoms with Crippen molar-refractivity contribution in [3.05, 3.63) is 35.4 Å². The Morgan fingerprint density at radius 3 is 2.68 bits per heavy atom. The largest absolute Gasteiger partial charge is 0.345 e. The number of nitrogens with zero attached hydrogens (tertiary/aromatic N) is 2. The molecule has 3 aliphatic rings. The van der Waals surface area contributed by atoms with Crippen LogP contribution in [-0.4, -0.2) is 59.2 Å². The molecule has 2 aliphatic heterocycles. The van der Waals surface area contributed by atoms with Gasteiger partial charge < -0.3 is 20.9 Å². The highest BCUT2D eigenvalue weighted by atomic mass is 16.2. The van der Waals surface area contributed by atoms with Crippen molar-refractivity contribution < 1.29 is 14.4 Å². The molecule has 3 atom stereocenters. The zero-order chi connectivity index (χ0) is 19.8. The Kier molecular flexibility index (Phi) is 5.10. The van der Waals surface area contributed by atoms with Gasteiger partial charge in [-0.05, 0) is 43.2 Å². The van der Waals surface area contributed by atoms with E-state index in [9.17, 15) is 14.4 Å². The molecule has 2 heterocycles. The van der Waals surface area contributed by atoms with Crippen LogP contribution in [0.25, 0.3) is 0 Å². The second-order valence-electron chi connectivity index (χ2n) is 8.26. The third kappa shape index (κ3) is 3.39. The number of piperidine rings is 1. The second-order valence-corrected chi connectivity index (χ2v) is 8.26. The molecule has 1 aliphatic carbocycles. The molecule has 7 nitrogen and oxygen atoms in total. The summed E-state index contributed by atoms with van der Waals surface area (Å²) in [6, 6.07) is 6.77. The summed E-state index contributed by atoms with van der Waals surface area (Å²) in [5.74, 6) is 0.0811. The third-order valence-electron chi connectivity index (χ3n) is 6.17. The highest BCUT2D eigenvalue weighted by Gasteiger charge is 2.47. The number of amides is 3. The number of nitrogens with two attached hydrogens (primary N) is 1. The molecule has 3 amide bonds. The molecule has 1 saturated carbocycles. The van der Waals surface area contributed by atoms with E-state index in [1.165, 1.54) is 0 Å². The number of benzene rings is 1. The first kappa shape index (κ1) is 18.9. The van der Waals surface area contributed by atoms with Crippen molar-refractivity contribution in [1.29, 1.82) is 0 Å². The smallest absolute Gasteiger partial charge is 0.255 e. The van der Waals surface area contributed by atoms with Crippen molar-refractivity contribution in [1.82, 2.24) is 15.1 Å². The SMILES string of the molecule is CC1CCN(C(=O)CNC(=O)C2c3ccccc3C(=O)N2C2CC2)C(CN)C1. The molecule has 7 heteroatoms. The van der Waals surface area contributed by atoms with Crippen LogP contribution in [0.1, 0.15) is 54.6 Å². The van der Waals surface area contributed by atoms with Gasteiger partial charge in [0.05, 0.1) is 6.54 Å². The van der Waals surface area contributed by atoms with Gasteiger partial charge in [0.15, 0.2) is 0 Å². The fraction of sp³-hybridized carbons (Fsp3) is 0.571. The first-order chi connectivity index (χ1) is 13.5. The van der Waals surface area contributed by atoms with Crippen LogP contribution in [0.4, 0.5) is 0 Å². The van der Waals surface area contributed by atoms with E-state index < -0.39 is 6.04 Å². The van der Waals surface area contributed by atoms with Gasteiger partial charge in [-0.25, -0.2) is 0 Å². The molecule has 1 aromatic carbocycles. The lowest BCUT2D eigenvalue weighted by Gasteiger charge is -2.38. The highest BCUT2D eigenvalue weighted by molar-refractivity contribution is 6.05. The molecule has 1 aromatic rings. The summed E-state index contributed by atoms with van der Waals surface area (Å²) in [6.07, 6.45) is 3.70. The van der Waals surface area contributed by atoms with Crippen LogP contribution in [0.5, 0.6) is 0 Å². The van der Waals surface area contributed by atoms with Gasteiger partial charge >= 0.3 is 0 Å². The topological polar surface area (TPSA) is 95.7 Å². The summed E-state index contributed by atoms with van der Waals surface area (Å²) in [5.41, 5.74) is 7.17. The molecular formula is C21H28N4O3. The fourth-order valence-electron chi connectivity index (χ4n) is 4.50. The van der Waals surface area contributed by atoms with Crippen LogP contribution in [-0.2, 0) is 9.59 Å². The molecule has 4 rings (SSSR count). The molecule has 0 radical (unpaired) electrons. The average Bonchev–Trinajstić information content (AvgIpc) is 3.50. The Morgan fingerprint density at radius 1 is 1.21 bits per heavy atom. The minimum atomic E-state index is -0.643. The first-order valence-electron chi connectivity index (χ1n) is 10.2. The van der Waals surface area contributed by atoms with Crippen molar-refractivity contribution in [2.75, 3.05) is 19.6 Å². The minimum absolute atomic E-state index is 0.0323. The Labute approximate surface area is 165 Å². The zero-order valence-corrected chi connectivity index (χ0v) is 16.3. The van der Waals surface area contributed by atoms with Crippen LogP contribution in [0.15, 0.2) is 24.3 Å². The fourth-order valence-corrected chi connectivity index (χ4v) is 4.50. The monoisotopic (exact) mass is 384 g/mol. The van der Waals surface area contributed by atoms with Crippen molar-refractivity contribution >= 4 is 17.7 Å². The number of fused-ring (bicyclic) bond motifs is 1. The Morgan fingerprint density at radius 2 is 1.96 bits per heavy atom. The van der Waals surface area contributed by atoms with E-state index in [0.29, 0.717) is 24.6 Å². The number of carbonyl (C=O) groups excluding carboxylic acids is 3. The van der Waals surface area contributed by atoms with E-state index >= 15 is 0 Å². The van der Waals surface area contributed by atoms with Crippen LogP contribution in [0.3, 0.4) is 0 Å². The molecule has 3 unspecified atom stereocenters. The van der Waals surface area contributed by atoms with E-state index in [2.05, 4.69) is 12.2 Å². The number of hydrogen-bond acceptors (Lipinski definition) is 4. The number of hydrogen-bond donors (Lipinski definition) is 2. The van der Waals surface area contributed by atoms with E-state index in [-0.39, 0.29) is 36.3 Å². The number of rotatable bonds is 5. The van der Waals surface area contributed by atoms with Gasteiger partial charge in [-0.1, -0.05) is 25.1 Å². The molecule has 2 fully saturated rings. The number of likely N-dealkylation sites (tertiary alicyclic amines) is 1. The molecule has 3 N–H and O–H groups in total. The summed E-state index contributed by atoms with van der Waals surface area (Å²) in [5, 5.41) is 2.79. The van der Waals surface area contributed by atoms with E-state index in [4.69, 9.17) is 5.73 Å². The molecular weight excluding hydrogens is 356 g/mol. The van der Waals surface area contributed by atoms with Gasteiger partial charge in [0.2, 0.25) is 11.8 Å². The normalized spacial score (nSPS) is 26.9. The van der Waals surface area contributed by atoms with Gasteiger partial charge in [0.25, 0.3) is 5.91 Å². The zero-order valence-electron chi connectivity index (χ0n) is 16.3. The van der Waals surface area contributed by atoms with Gasteiger partial charge in [-0.15, -0.1) is 0 Å². The second kappa shape index (κ2) is 7.54. The predicted molar refractivity (Wildman–Crippen MR) is 104 cm³/mol. The lowest BCUT2D eigenvalue weighted by atomic mass is 9.92. The van der Waals surface area contributed by atoms with Crippen molar-refractivity contribution in [3.8, 4) is 0 Å². The standard InChI is InChI=1S/C21H28N4O3/c1-13-8-9-24(15(10-13)11-22)18(26)12-23-20(27)19-16-4-2-3-5-17(16)21(28)25(19)14-6-7-14/h2-5,13-15,19H,6-12,22H2,1H3,(H,23,27). The Bertz CT molecular complexity index is 792. The Hall–Kier alpha value is -2.41. The van der Waals surface area contributed by atoms with Crippen molar-refractivity contribution in [3.63, 3.8) is 0 Å². The van der Waals surface area contributed by atoms with E-state index in [1.54, 1.807) is 15.9 Å². The maximum absolute atomic E-state index is 13.0. The number of nitrogens with one attached hydrogen (secondary N) is 1. The lowest BCUT2D eigenvalue weighted by molar-refractivity contribution is -0.137. The van der Waals surface area contributed by atoms with Crippen LogP contribution in [0.2, 0.25) is 0 Å². The quantitative estimate of drug-likeness (QED) is 0.793. The molecule has 1 saturated heterocycles. The van der Waals surface area contributed by atoms with Crippen LogP contribution >= 0.6 is 0 Å². The van der Waals surface area contributed by atoms with Crippen molar-refractivity contribution in [2.45, 2.75) is 50.7 Å². The molecule has 0 bridgehead atoms. The summed E-state index contributed by atoms with van der Waals surface area (Å²) in [7, 11) is 0. The number of carbonyl (C=O) groups is 3. The summed E-state index contributed by atoms with van der Waals surface area (Å²) < 4.78 is 0. The highest BCUT2D eigenvalue weighted by Crippen LogP contribution is 2.41. The molecule has 0 spiro atoms. The lowest BCUT2D eigenvalue weighted by Crippen LogP contribution is -2.52. The van der Waals surface area contributed by atoms with Crippen LogP contribution < -0.4 is 11.1 Å². The summed E-state index contributed by atoms with van der Waals surface area (Å²) >= 11 is 0. The maximum Gasteiger partial charge on any atom is 0.255 e. The van der Waals surface area contributed by atoms with Gasteiger partial charge in [-0.3, -0.25) is 14.4 Å². The van der Waals surface area contributed by atoms with Gasteiger partial charge in [0, 0.05) is 30.7 Å². The average molecular weight is 384 g/mol. The Balaban J connectivity index is 1.44. The minimum Gasteiger partial charge on any atom is -0.345 e. The van der Waals surface area contributed by atoms with Gasteiger partial charge in [-0.2, -0.15) is 0 Å². The molecule has 0 aromatic heterocycles. The van der Waals surface area contributed by atoms with E-state index in [0.717, 1.165) is 31.2 Å².